The molecular weight excluding hydrogens is 178 g/mol. The second kappa shape index (κ2) is 8.21. The van der Waals surface area contributed by atoms with E-state index in [1.54, 1.807) is 0 Å². The summed E-state index contributed by atoms with van der Waals surface area (Å²) in [6.07, 6.45) is 2.20. The first-order valence-corrected chi connectivity index (χ1v) is 5.48. The Morgan fingerprint density at radius 3 is 2.29 bits per heavy atom. The first-order chi connectivity index (χ1) is 6.62. The molecule has 0 aromatic carbocycles. The highest BCUT2D eigenvalue weighted by molar-refractivity contribution is 4.68. The van der Waals surface area contributed by atoms with Gasteiger partial charge in [-0.3, -0.25) is 0 Å². The van der Waals surface area contributed by atoms with Crippen LogP contribution in [0.2, 0.25) is 0 Å². The van der Waals surface area contributed by atoms with Crippen molar-refractivity contribution in [3.63, 3.8) is 0 Å². The van der Waals surface area contributed by atoms with Gasteiger partial charge < -0.3 is 15.2 Å². The summed E-state index contributed by atoms with van der Waals surface area (Å²) in [7, 11) is 0. The zero-order valence-electron chi connectivity index (χ0n) is 9.84. The third-order valence-corrected chi connectivity index (χ3v) is 2.27. The number of rotatable bonds is 9. The third-order valence-electron chi connectivity index (χ3n) is 2.27. The van der Waals surface area contributed by atoms with E-state index in [-0.39, 0.29) is 5.41 Å². The molecule has 0 aliphatic heterocycles. The largest absolute Gasteiger partial charge is 0.379 e. The Labute approximate surface area is 88.0 Å². The van der Waals surface area contributed by atoms with Crippen molar-refractivity contribution in [3.8, 4) is 0 Å². The molecule has 0 spiro atoms. The maximum atomic E-state index is 5.63. The Hall–Kier alpha value is -0.120. The molecule has 3 nitrogen and oxygen atoms in total. The number of nitrogens with two attached hydrogens (primary N) is 1. The molecule has 0 aromatic heterocycles. The average molecular weight is 203 g/mol. The average Bonchev–Trinajstić information content (AvgIpc) is 2.16. The summed E-state index contributed by atoms with van der Waals surface area (Å²) in [5.41, 5.74) is 5.88. The minimum Gasteiger partial charge on any atom is -0.379 e. The Morgan fingerprint density at radius 2 is 1.71 bits per heavy atom. The van der Waals surface area contributed by atoms with Crippen LogP contribution in [0, 0.1) is 5.41 Å². The van der Waals surface area contributed by atoms with E-state index in [9.17, 15) is 0 Å². The molecule has 3 heteroatoms. The SMILES string of the molecule is CCOCCOCCCC(C)(C)CN. The predicted molar refractivity (Wildman–Crippen MR) is 59.4 cm³/mol. The molecule has 0 aliphatic carbocycles. The van der Waals surface area contributed by atoms with Crippen molar-refractivity contribution >= 4 is 0 Å². The summed E-state index contributed by atoms with van der Waals surface area (Å²) in [4.78, 5) is 0. The van der Waals surface area contributed by atoms with E-state index in [1.807, 2.05) is 6.92 Å². The van der Waals surface area contributed by atoms with Crippen LogP contribution in [0.5, 0.6) is 0 Å². The van der Waals surface area contributed by atoms with Gasteiger partial charge in [-0.1, -0.05) is 13.8 Å². The summed E-state index contributed by atoms with van der Waals surface area (Å²) in [5, 5.41) is 0. The fourth-order valence-corrected chi connectivity index (χ4v) is 1.12. The molecule has 86 valence electrons. The molecule has 0 radical (unpaired) electrons. The molecule has 0 fully saturated rings. The lowest BCUT2D eigenvalue weighted by molar-refractivity contribution is 0.0488. The van der Waals surface area contributed by atoms with Gasteiger partial charge in [0.25, 0.3) is 0 Å². The Kier molecular flexibility index (Phi) is 8.14. The van der Waals surface area contributed by atoms with E-state index < -0.39 is 0 Å². The van der Waals surface area contributed by atoms with Gasteiger partial charge in [0.1, 0.15) is 0 Å². The van der Waals surface area contributed by atoms with Crippen molar-refractivity contribution in [2.75, 3.05) is 33.0 Å². The molecule has 0 amide bonds. The van der Waals surface area contributed by atoms with Crippen LogP contribution < -0.4 is 5.73 Å². The number of hydrogen-bond donors (Lipinski definition) is 1. The highest BCUT2D eigenvalue weighted by Crippen LogP contribution is 2.19. The summed E-state index contributed by atoms with van der Waals surface area (Å²) in [5.74, 6) is 0. The van der Waals surface area contributed by atoms with Crippen molar-refractivity contribution in [1.82, 2.24) is 0 Å². The van der Waals surface area contributed by atoms with Crippen LogP contribution >= 0.6 is 0 Å². The molecule has 0 bridgehead atoms. The molecule has 0 aromatic rings. The van der Waals surface area contributed by atoms with Gasteiger partial charge in [0.2, 0.25) is 0 Å². The van der Waals surface area contributed by atoms with Crippen molar-refractivity contribution in [2.45, 2.75) is 33.6 Å². The Balaban J connectivity index is 3.13. The lowest BCUT2D eigenvalue weighted by Crippen LogP contribution is -2.23. The van der Waals surface area contributed by atoms with Crippen LogP contribution in [-0.4, -0.2) is 33.0 Å². The molecule has 0 atom stereocenters. The first kappa shape index (κ1) is 13.9. The summed E-state index contributed by atoms with van der Waals surface area (Å²) < 4.78 is 10.6. The molecule has 0 heterocycles. The minimum atomic E-state index is 0.253. The lowest BCUT2D eigenvalue weighted by atomic mass is 9.88. The van der Waals surface area contributed by atoms with Gasteiger partial charge in [0.15, 0.2) is 0 Å². The van der Waals surface area contributed by atoms with E-state index in [2.05, 4.69) is 13.8 Å². The topological polar surface area (TPSA) is 44.5 Å². The number of hydrogen-bond acceptors (Lipinski definition) is 3. The maximum Gasteiger partial charge on any atom is 0.0700 e. The maximum absolute atomic E-state index is 5.63. The predicted octanol–water partition coefficient (Wildman–Crippen LogP) is 1.80. The van der Waals surface area contributed by atoms with Gasteiger partial charge >= 0.3 is 0 Å². The van der Waals surface area contributed by atoms with E-state index >= 15 is 0 Å². The van der Waals surface area contributed by atoms with E-state index in [0.29, 0.717) is 13.2 Å². The summed E-state index contributed by atoms with van der Waals surface area (Å²) in [6.45, 7) is 10.1. The van der Waals surface area contributed by atoms with Crippen molar-refractivity contribution < 1.29 is 9.47 Å². The lowest BCUT2D eigenvalue weighted by Gasteiger charge is -2.21. The Morgan fingerprint density at radius 1 is 1.07 bits per heavy atom. The van der Waals surface area contributed by atoms with E-state index in [1.165, 1.54) is 0 Å². The van der Waals surface area contributed by atoms with Crippen molar-refractivity contribution in [1.29, 1.82) is 0 Å². The summed E-state index contributed by atoms with van der Waals surface area (Å²) >= 11 is 0. The fourth-order valence-electron chi connectivity index (χ4n) is 1.12. The Bertz CT molecular complexity index is 126. The van der Waals surface area contributed by atoms with Crippen LogP contribution in [0.4, 0.5) is 0 Å². The molecular formula is C11H25NO2. The van der Waals surface area contributed by atoms with Gasteiger partial charge in [0, 0.05) is 13.2 Å². The molecule has 0 rings (SSSR count). The molecule has 0 saturated carbocycles. The summed E-state index contributed by atoms with van der Waals surface area (Å²) in [6, 6.07) is 0. The van der Waals surface area contributed by atoms with Gasteiger partial charge in [0.05, 0.1) is 13.2 Å². The molecule has 0 unspecified atom stereocenters. The van der Waals surface area contributed by atoms with Crippen molar-refractivity contribution in [3.05, 3.63) is 0 Å². The smallest absolute Gasteiger partial charge is 0.0700 e. The molecule has 0 saturated heterocycles. The standard InChI is InChI=1S/C11H25NO2/c1-4-13-8-9-14-7-5-6-11(2,3)10-12/h4-10,12H2,1-3H3. The fraction of sp³-hybridized carbons (Fsp3) is 1.00. The van der Waals surface area contributed by atoms with Crippen LogP contribution in [0.15, 0.2) is 0 Å². The molecule has 14 heavy (non-hydrogen) atoms. The second-order valence-electron chi connectivity index (χ2n) is 4.28. The monoisotopic (exact) mass is 203 g/mol. The highest BCUT2D eigenvalue weighted by atomic mass is 16.5. The van der Waals surface area contributed by atoms with E-state index in [0.717, 1.165) is 32.6 Å². The first-order valence-electron chi connectivity index (χ1n) is 5.48. The van der Waals surface area contributed by atoms with Gasteiger partial charge in [-0.15, -0.1) is 0 Å². The van der Waals surface area contributed by atoms with E-state index in [4.69, 9.17) is 15.2 Å². The van der Waals surface area contributed by atoms with Crippen molar-refractivity contribution in [2.24, 2.45) is 11.1 Å². The third kappa shape index (κ3) is 8.48. The van der Waals surface area contributed by atoms with Gasteiger partial charge in [-0.05, 0) is 31.7 Å². The van der Waals surface area contributed by atoms with Gasteiger partial charge in [-0.25, -0.2) is 0 Å². The number of ether oxygens (including phenoxy) is 2. The zero-order valence-corrected chi connectivity index (χ0v) is 9.84. The normalized spacial score (nSPS) is 12.0. The molecule has 0 aliphatic rings. The van der Waals surface area contributed by atoms with Crippen LogP contribution in [0.1, 0.15) is 33.6 Å². The highest BCUT2D eigenvalue weighted by Gasteiger charge is 2.14. The second-order valence-corrected chi connectivity index (χ2v) is 4.28. The zero-order chi connectivity index (χ0) is 10.9. The quantitative estimate of drug-likeness (QED) is 0.581. The van der Waals surface area contributed by atoms with Crippen LogP contribution in [0.3, 0.4) is 0 Å². The van der Waals surface area contributed by atoms with Crippen LogP contribution in [0.25, 0.3) is 0 Å². The van der Waals surface area contributed by atoms with Crippen LogP contribution in [-0.2, 0) is 9.47 Å². The van der Waals surface area contributed by atoms with Gasteiger partial charge in [-0.2, -0.15) is 0 Å². The minimum absolute atomic E-state index is 0.253. The molecule has 2 N–H and O–H groups in total.